The van der Waals surface area contributed by atoms with Crippen LogP contribution in [0.4, 0.5) is 13.2 Å². The van der Waals surface area contributed by atoms with Gasteiger partial charge < -0.3 is 16.0 Å². The number of nitrogens with zero attached hydrogens (tertiary/aromatic N) is 2. The van der Waals surface area contributed by atoms with E-state index in [0.717, 1.165) is 48.5 Å². The number of nitrogens with two attached hydrogens (primary N) is 1. The molecule has 202 valence electrons. The third-order valence-electron chi connectivity index (χ3n) is 6.58. The highest BCUT2D eigenvalue weighted by Gasteiger charge is 2.48. The molecule has 1 aliphatic rings. The van der Waals surface area contributed by atoms with Gasteiger partial charge in [0.25, 0.3) is 0 Å². The molecule has 7 heteroatoms. The van der Waals surface area contributed by atoms with Gasteiger partial charge in [-0.2, -0.15) is 13.2 Å². The Morgan fingerprint density at radius 3 is 2.39 bits per heavy atom. The molecule has 2 aromatic rings. The predicted octanol–water partition coefficient (Wildman–Crippen LogP) is 6.14. The quantitative estimate of drug-likeness (QED) is 0.329. The summed E-state index contributed by atoms with van der Waals surface area (Å²) in [6.45, 7) is 17.8. The number of rotatable bonds is 12. The van der Waals surface area contributed by atoms with Crippen LogP contribution in [0.2, 0.25) is 0 Å². The smallest absolute Gasteiger partial charge is 0.393 e. The zero-order valence-electron chi connectivity index (χ0n) is 22.3. The van der Waals surface area contributed by atoms with Crippen molar-refractivity contribution in [3.63, 3.8) is 0 Å². The fourth-order valence-electron chi connectivity index (χ4n) is 4.62. The SMILES string of the molecule is C=C(N)CC(C#Cc1cccc(C)n1)NC(=C)CN(CCC)C(=C)C1(c2ccc(CC(F)(F)F)cc2)CC1. The Kier molecular flexibility index (Phi) is 9.32. The number of aromatic nitrogens is 1. The first-order valence-corrected chi connectivity index (χ1v) is 12.8. The largest absolute Gasteiger partial charge is 0.402 e. The molecule has 3 N–H and O–H groups in total. The lowest BCUT2D eigenvalue weighted by Gasteiger charge is -2.33. The van der Waals surface area contributed by atoms with E-state index in [1.54, 1.807) is 12.1 Å². The number of allylic oxidation sites excluding steroid dienone is 1. The topological polar surface area (TPSA) is 54.2 Å². The van der Waals surface area contributed by atoms with E-state index in [1.807, 2.05) is 37.3 Å². The molecule has 1 aliphatic carbocycles. The van der Waals surface area contributed by atoms with E-state index in [-0.39, 0.29) is 17.0 Å². The van der Waals surface area contributed by atoms with E-state index in [9.17, 15) is 13.2 Å². The van der Waals surface area contributed by atoms with Gasteiger partial charge in [-0.1, -0.05) is 62.9 Å². The Hall–Kier alpha value is -3.66. The number of benzene rings is 1. The summed E-state index contributed by atoms with van der Waals surface area (Å²) in [5, 5.41) is 3.39. The normalized spacial score (nSPS) is 14.6. The number of alkyl halides is 3. The van der Waals surface area contributed by atoms with Gasteiger partial charge in [-0.25, -0.2) is 4.98 Å². The van der Waals surface area contributed by atoms with Crippen LogP contribution in [0.1, 0.15) is 55.1 Å². The summed E-state index contributed by atoms with van der Waals surface area (Å²) in [6, 6.07) is 12.2. The predicted molar refractivity (Wildman–Crippen MR) is 148 cm³/mol. The summed E-state index contributed by atoms with van der Waals surface area (Å²) in [5.41, 5.74) is 10.7. The van der Waals surface area contributed by atoms with E-state index in [2.05, 4.69) is 53.7 Å². The maximum Gasteiger partial charge on any atom is 0.393 e. The molecule has 1 fully saturated rings. The third-order valence-corrected chi connectivity index (χ3v) is 6.58. The summed E-state index contributed by atoms with van der Waals surface area (Å²) < 4.78 is 38.3. The first kappa shape index (κ1) is 28.9. The van der Waals surface area contributed by atoms with Gasteiger partial charge in [-0.05, 0) is 55.4 Å². The highest BCUT2D eigenvalue weighted by atomic mass is 19.4. The zero-order chi connectivity index (χ0) is 27.9. The Morgan fingerprint density at radius 2 is 1.84 bits per heavy atom. The molecule has 0 amide bonds. The van der Waals surface area contributed by atoms with Crippen molar-refractivity contribution < 1.29 is 13.2 Å². The van der Waals surface area contributed by atoms with Crippen LogP contribution >= 0.6 is 0 Å². The van der Waals surface area contributed by atoms with Gasteiger partial charge in [0.2, 0.25) is 0 Å². The maximum absolute atomic E-state index is 12.8. The van der Waals surface area contributed by atoms with Gasteiger partial charge in [0.1, 0.15) is 5.69 Å². The Labute approximate surface area is 224 Å². The van der Waals surface area contributed by atoms with Crippen molar-refractivity contribution in [3.8, 4) is 11.8 Å². The van der Waals surface area contributed by atoms with E-state index in [1.165, 1.54) is 0 Å². The average molecular weight is 523 g/mol. The second kappa shape index (κ2) is 12.3. The molecule has 1 unspecified atom stereocenters. The molecular weight excluding hydrogens is 485 g/mol. The van der Waals surface area contributed by atoms with Crippen molar-refractivity contribution in [2.45, 2.75) is 63.6 Å². The number of halogens is 3. The van der Waals surface area contributed by atoms with Gasteiger partial charge in [0, 0.05) is 41.2 Å². The van der Waals surface area contributed by atoms with Crippen molar-refractivity contribution in [2.24, 2.45) is 5.73 Å². The second-order valence-corrected chi connectivity index (χ2v) is 10.0. The van der Waals surface area contributed by atoms with Gasteiger partial charge in [-0.15, -0.1) is 0 Å². The average Bonchev–Trinajstić information content (AvgIpc) is 3.63. The Balaban J connectivity index is 1.71. The number of nitrogens with one attached hydrogen (secondary N) is 1. The fraction of sp³-hybridized carbons (Fsp3) is 0.387. The van der Waals surface area contributed by atoms with Crippen molar-refractivity contribution in [1.29, 1.82) is 0 Å². The van der Waals surface area contributed by atoms with Gasteiger partial charge >= 0.3 is 6.18 Å². The lowest BCUT2D eigenvalue weighted by molar-refractivity contribution is -0.127. The lowest BCUT2D eigenvalue weighted by Crippen LogP contribution is -2.37. The first-order chi connectivity index (χ1) is 17.9. The monoisotopic (exact) mass is 522 g/mol. The van der Waals surface area contributed by atoms with Crippen LogP contribution in [0.25, 0.3) is 0 Å². The molecule has 1 aromatic heterocycles. The lowest BCUT2D eigenvalue weighted by atomic mass is 9.90. The Bertz CT molecular complexity index is 1210. The highest BCUT2D eigenvalue weighted by Crippen LogP contribution is 2.54. The van der Waals surface area contributed by atoms with Crippen molar-refractivity contribution in [2.75, 3.05) is 13.1 Å². The minimum Gasteiger partial charge on any atom is -0.402 e. The third kappa shape index (κ3) is 8.17. The number of pyridine rings is 1. The molecular formula is C31H37F3N4. The molecule has 1 aromatic carbocycles. The van der Waals surface area contributed by atoms with Crippen LogP contribution in [0.3, 0.4) is 0 Å². The van der Waals surface area contributed by atoms with Crippen molar-refractivity contribution in [1.82, 2.24) is 15.2 Å². The molecule has 1 heterocycles. The summed E-state index contributed by atoms with van der Waals surface area (Å²) >= 11 is 0. The number of hydrogen-bond acceptors (Lipinski definition) is 4. The van der Waals surface area contributed by atoms with Crippen LogP contribution in [-0.2, 0) is 11.8 Å². The summed E-state index contributed by atoms with van der Waals surface area (Å²) in [4.78, 5) is 6.64. The molecule has 0 bridgehead atoms. The van der Waals surface area contributed by atoms with Crippen LogP contribution in [-0.4, -0.2) is 35.2 Å². The molecule has 0 aliphatic heterocycles. The minimum atomic E-state index is -4.22. The van der Waals surface area contributed by atoms with Gasteiger partial charge in [0.15, 0.2) is 0 Å². The molecule has 1 saturated carbocycles. The molecule has 0 radical (unpaired) electrons. The number of aryl methyl sites for hydroxylation is 1. The van der Waals surface area contributed by atoms with E-state index in [4.69, 9.17) is 5.73 Å². The fourth-order valence-corrected chi connectivity index (χ4v) is 4.62. The van der Waals surface area contributed by atoms with E-state index in [0.29, 0.717) is 24.4 Å². The number of hydrogen-bond donors (Lipinski definition) is 2. The summed E-state index contributed by atoms with van der Waals surface area (Å²) in [7, 11) is 0. The Morgan fingerprint density at radius 1 is 1.16 bits per heavy atom. The van der Waals surface area contributed by atoms with E-state index < -0.39 is 12.6 Å². The molecule has 0 saturated heterocycles. The highest BCUT2D eigenvalue weighted by molar-refractivity contribution is 5.42. The summed E-state index contributed by atoms with van der Waals surface area (Å²) in [6.07, 6.45) is -1.95. The first-order valence-electron chi connectivity index (χ1n) is 12.8. The van der Waals surface area contributed by atoms with Crippen LogP contribution in [0, 0.1) is 18.8 Å². The van der Waals surface area contributed by atoms with Crippen LogP contribution < -0.4 is 11.1 Å². The minimum absolute atomic E-state index is 0.256. The van der Waals surface area contributed by atoms with Crippen molar-refractivity contribution in [3.05, 3.63) is 102 Å². The van der Waals surface area contributed by atoms with Crippen LogP contribution in [0.15, 0.2) is 79.3 Å². The standard InChI is InChI=1S/C31H37F3N4/c1-6-18-38(25(5)30(16-17-30)27-12-10-26(11-13-27)20-31(32,33)34)21-24(4)37-29(19-22(2)35)15-14-28-9-7-8-23(3)36-28/h7-13,29,37H,2,4-6,16-21,35H2,1,3H3. The molecule has 0 spiro atoms. The van der Waals surface area contributed by atoms with E-state index >= 15 is 0 Å². The summed E-state index contributed by atoms with van der Waals surface area (Å²) in [5.74, 6) is 6.31. The van der Waals surface area contributed by atoms with Crippen molar-refractivity contribution >= 4 is 0 Å². The maximum atomic E-state index is 12.8. The van der Waals surface area contributed by atoms with Crippen LogP contribution in [0.5, 0.6) is 0 Å². The zero-order valence-corrected chi connectivity index (χ0v) is 22.3. The molecule has 4 nitrogen and oxygen atoms in total. The second-order valence-electron chi connectivity index (χ2n) is 10.0. The van der Waals surface area contributed by atoms with Gasteiger partial charge in [0.05, 0.1) is 19.0 Å². The van der Waals surface area contributed by atoms with Gasteiger partial charge in [-0.3, -0.25) is 0 Å². The molecule has 38 heavy (non-hydrogen) atoms. The molecule has 3 rings (SSSR count). The molecule has 1 atom stereocenters.